The molecule has 0 atom stereocenters. The molecule has 2 aromatic carbocycles. The number of benzene rings is 2. The van der Waals surface area contributed by atoms with E-state index in [1.807, 2.05) is 13.8 Å². The molecule has 6 heteroatoms. The van der Waals surface area contributed by atoms with Crippen molar-refractivity contribution in [1.29, 1.82) is 0 Å². The van der Waals surface area contributed by atoms with Crippen molar-refractivity contribution in [2.45, 2.75) is 20.3 Å². The van der Waals surface area contributed by atoms with Gasteiger partial charge in [0.25, 0.3) is 5.91 Å². The van der Waals surface area contributed by atoms with Crippen LogP contribution in [-0.4, -0.2) is 11.8 Å². The number of amides is 2. The highest BCUT2D eigenvalue weighted by atomic mass is 19.1. The van der Waals surface area contributed by atoms with E-state index in [1.165, 1.54) is 18.2 Å². The Balaban J connectivity index is 1.94. The molecule has 1 aromatic heterocycles. The molecule has 0 aliphatic heterocycles. The average Bonchev–Trinajstić information content (AvgIpc) is 2.93. The van der Waals surface area contributed by atoms with Gasteiger partial charge in [0.05, 0.1) is 0 Å². The molecule has 0 aliphatic rings. The van der Waals surface area contributed by atoms with Gasteiger partial charge in [0.1, 0.15) is 17.1 Å². The maximum Gasteiger partial charge on any atom is 0.293 e. The van der Waals surface area contributed by atoms with E-state index in [0.717, 1.165) is 0 Å². The topological polar surface area (TPSA) is 71.3 Å². The van der Waals surface area contributed by atoms with Crippen molar-refractivity contribution in [2.24, 2.45) is 5.92 Å². The Bertz CT molecular complexity index is 963. The first kappa shape index (κ1) is 17.7. The Morgan fingerprint density at radius 2 is 1.85 bits per heavy atom. The van der Waals surface area contributed by atoms with Gasteiger partial charge in [-0.3, -0.25) is 9.59 Å². The summed E-state index contributed by atoms with van der Waals surface area (Å²) in [6.45, 7) is 3.87. The second kappa shape index (κ2) is 7.39. The number of halogens is 1. The summed E-state index contributed by atoms with van der Waals surface area (Å²) in [5.74, 6) is -1.07. The first-order valence-electron chi connectivity index (χ1n) is 8.32. The smallest absolute Gasteiger partial charge is 0.293 e. The van der Waals surface area contributed by atoms with Crippen molar-refractivity contribution in [3.63, 3.8) is 0 Å². The van der Waals surface area contributed by atoms with Gasteiger partial charge in [-0.15, -0.1) is 0 Å². The van der Waals surface area contributed by atoms with Crippen LogP contribution in [0.15, 0.2) is 52.9 Å². The van der Waals surface area contributed by atoms with E-state index in [2.05, 4.69) is 10.6 Å². The fourth-order valence-electron chi connectivity index (χ4n) is 2.64. The summed E-state index contributed by atoms with van der Waals surface area (Å²) < 4.78 is 19.0. The third-order valence-electron chi connectivity index (χ3n) is 3.74. The second-order valence-electron chi connectivity index (χ2n) is 6.41. The third-order valence-corrected chi connectivity index (χ3v) is 3.74. The Hall–Kier alpha value is -3.15. The van der Waals surface area contributed by atoms with E-state index in [-0.39, 0.29) is 17.6 Å². The Labute approximate surface area is 150 Å². The number of nitrogens with one attached hydrogen (secondary N) is 2. The first-order valence-corrected chi connectivity index (χ1v) is 8.32. The van der Waals surface area contributed by atoms with Gasteiger partial charge >= 0.3 is 0 Å². The summed E-state index contributed by atoms with van der Waals surface area (Å²) in [5.41, 5.74) is 1.10. The predicted octanol–water partition coefficient (Wildman–Crippen LogP) is 4.81. The number of para-hydroxylation sites is 1. The average molecular weight is 354 g/mol. The fraction of sp³-hybridized carbons (Fsp3) is 0.200. The van der Waals surface area contributed by atoms with Gasteiger partial charge in [-0.25, -0.2) is 4.39 Å². The molecule has 0 fully saturated rings. The van der Waals surface area contributed by atoms with Crippen molar-refractivity contribution in [3.05, 3.63) is 60.1 Å². The lowest BCUT2D eigenvalue weighted by Crippen LogP contribution is -2.18. The number of hydrogen-bond acceptors (Lipinski definition) is 3. The van der Waals surface area contributed by atoms with Crippen LogP contribution < -0.4 is 10.6 Å². The van der Waals surface area contributed by atoms with Gasteiger partial charge in [-0.1, -0.05) is 32.0 Å². The number of carbonyl (C=O) groups excluding carboxylic acids is 2. The van der Waals surface area contributed by atoms with Crippen LogP contribution in [0.5, 0.6) is 0 Å². The van der Waals surface area contributed by atoms with Crippen molar-refractivity contribution >= 4 is 34.2 Å². The third kappa shape index (κ3) is 3.91. The molecule has 1 heterocycles. The van der Waals surface area contributed by atoms with Gasteiger partial charge in [0.15, 0.2) is 0 Å². The molecule has 2 N–H and O–H groups in total. The summed E-state index contributed by atoms with van der Waals surface area (Å²) in [6.07, 6.45) is 0.324. The summed E-state index contributed by atoms with van der Waals surface area (Å²) in [6, 6.07) is 12.6. The van der Waals surface area contributed by atoms with Gasteiger partial charge in [-0.2, -0.15) is 0 Å². The highest BCUT2D eigenvalue weighted by Gasteiger charge is 2.22. The minimum Gasteiger partial charge on any atom is -0.449 e. The quantitative estimate of drug-likeness (QED) is 0.691. The molecule has 0 saturated heterocycles. The molecule has 0 aliphatic carbocycles. The predicted molar refractivity (Wildman–Crippen MR) is 98.7 cm³/mol. The van der Waals surface area contributed by atoms with E-state index in [0.29, 0.717) is 28.8 Å². The van der Waals surface area contributed by atoms with E-state index in [9.17, 15) is 14.0 Å². The van der Waals surface area contributed by atoms with Crippen LogP contribution in [0.25, 0.3) is 11.0 Å². The summed E-state index contributed by atoms with van der Waals surface area (Å²) in [4.78, 5) is 24.8. The zero-order chi connectivity index (χ0) is 18.7. The number of carbonyl (C=O) groups is 2. The highest BCUT2D eigenvalue weighted by Crippen LogP contribution is 2.31. The van der Waals surface area contributed by atoms with Gasteiger partial charge in [-0.05, 0) is 36.2 Å². The van der Waals surface area contributed by atoms with Crippen LogP contribution >= 0.6 is 0 Å². The number of fused-ring (bicyclic) bond motifs is 1. The number of furan rings is 1. The number of anilines is 2. The summed E-state index contributed by atoms with van der Waals surface area (Å²) in [5, 5.41) is 6.00. The van der Waals surface area contributed by atoms with E-state index < -0.39 is 11.7 Å². The minimum atomic E-state index is -0.563. The molecule has 0 saturated carbocycles. The molecule has 0 bridgehead atoms. The lowest BCUT2D eigenvalue weighted by molar-refractivity contribution is -0.116. The molecule has 0 spiro atoms. The highest BCUT2D eigenvalue weighted by molar-refractivity contribution is 6.14. The maximum atomic E-state index is 13.3. The molecular formula is C20H19FN2O3. The van der Waals surface area contributed by atoms with Gasteiger partial charge in [0, 0.05) is 17.5 Å². The van der Waals surface area contributed by atoms with E-state index in [4.69, 9.17) is 4.42 Å². The maximum absolute atomic E-state index is 13.3. The molecule has 3 rings (SSSR count). The molecule has 26 heavy (non-hydrogen) atoms. The normalized spacial score (nSPS) is 10.9. The molecule has 0 unspecified atom stereocenters. The van der Waals surface area contributed by atoms with E-state index in [1.54, 1.807) is 30.3 Å². The largest absolute Gasteiger partial charge is 0.449 e. The summed E-state index contributed by atoms with van der Waals surface area (Å²) >= 11 is 0. The molecule has 2 amide bonds. The van der Waals surface area contributed by atoms with Crippen LogP contribution in [0, 0.1) is 11.7 Å². The molecule has 5 nitrogen and oxygen atoms in total. The lowest BCUT2D eigenvalue weighted by Gasteiger charge is -2.08. The van der Waals surface area contributed by atoms with E-state index >= 15 is 0 Å². The Morgan fingerprint density at radius 3 is 2.58 bits per heavy atom. The number of hydrogen-bond donors (Lipinski definition) is 2. The van der Waals surface area contributed by atoms with Crippen LogP contribution in [0.1, 0.15) is 30.8 Å². The zero-order valence-corrected chi connectivity index (χ0v) is 14.5. The van der Waals surface area contributed by atoms with Crippen LogP contribution in [-0.2, 0) is 4.79 Å². The zero-order valence-electron chi connectivity index (χ0n) is 14.5. The molecule has 3 aromatic rings. The van der Waals surface area contributed by atoms with Crippen molar-refractivity contribution in [2.75, 3.05) is 10.6 Å². The minimum absolute atomic E-state index is 0.0208. The molecule has 134 valence electrons. The van der Waals surface area contributed by atoms with Gasteiger partial charge in [0.2, 0.25) is 11.7 Å². The first-order chi connectivity index (χ1) is 12.4. The lowest BCUT2D eigenvalue weighted by atomic mass is 10.1. The Morgan fingerprint density at radius 1 is 1.08 bits per heavy atom. The monoisotopic (exact) mass is 354 g/mol. The Kier molecular flexibility index (Phi) is 5.02. The van der Waals surface area contributed by atoms with Crippen LogP contribution in [0.2, 0.25) is 0 Å². The van der Waals surface area contributed by atoms with Crippen molar-refractivity contribution in [3.8, 4) is 0 Å². The summed E-state index contributed by atoms with van der Waals surface area (Å²) in [7, 11) is 0. The standard InChI is InChI=1S/C20H19FN2O3/c1-12(2)10-17(24)23-18-15-8-3-4-9-16(15)26-19(18)20(25)22-14-7-5-6-13(21)11-14/h3-9,11-12H,10H2,1-2H3,(H,22,25)(H,23,24). The fourth-order valence-corrected chi connectivity index (χ4v) is 2.64. The van der Waals surface area contributed by atoms with Crippen molar-refractivity contribution < 1.29 is 18.4 Å². The van der Waals surface area contributed by atoms with Crippen LogP contribution in [0.3, 0.4) is 0 Å². The number of rotatable bonds is 5. The van der Waals surface area contributed by atoms with Crippen LogP contribution in [0.4, 0.5) is 15.8 Å². The molecule has 0 radical (unpaired) electrons. The van der Waals surface area contributed by atoms with Gasteiger partial charge < -0.3 is 15.1 Å². The second-order valence-corrected chi connectivity index (χ2v) is 6.41. The molecular weight excluding hydrogens is 335 g/mol. The SMILES string of the molecule is CC(C)CC(=O)Nc1c(C(=O)Nc2cccc(F)c2)oc2ccccc12. The van der Waals surface area contributed by atoms with Crippen molar-refractivity contribution in [1.82, 2.24) is 0 Å².